The topological polar surface area (TPSA) is 180 Å². The van der Waals surface area contributed by atoms with E-state index in [9.17, 15) is 19.8 Å². The molecular weight excluding hydrogens is 536 g/mol. The third-order valence-corrected chi connectivity index (χ3v) is 7.79. The van der Waals surface area contributed by atoms with Crippen molar-refractivity contribution < 1.29 is 19.8 Å². The monoisotopic (exact) mass is 566 g/mol. The minimum atomic E-state index is -1.22. The fourth-order valence-corrected chi connectivity index (χ4v) is 5.76. The molecular formula is C27H31ClN8O4. The van der Waals surface area contributed by atoms with Crippen molar-refractivity contribution >= 4 is 40.4 Å². The predicted molar refractivity (Wildman–Crippen MR) is 148 cm³/mol. The number of halogens is 1. The van der Waals surface area contributed by atoms with Gasteiger partial charge in [-0.25, -0.2) is 15.0 Å². The van der Waals surface area contributed by atoms with Gasteiger partial charge in [0.05, 0.1) is 23.9 Å². The van der Waals surface area contributed by atoms with E-state index in [1.54, 1.807) is 17.0 Å². The van der Waals surface area contributed by atoms with Gasteiger partial charge in [-0.2, -0.15) is 0 Å². The van der Waals surface area contributed by atoms with E-state index >= 15 is 0 Å². The molecule has 7 N–H and O–H groups in total. The Morgan fingerprint density at radius 1 is 1.30 bits per heavy atom. The van der Waals surface area contributed by atoms with Gasteiger partial charge in [-0.3, -0.25) is 9.59 Å². The minimum Gasteiger partial charge on any atom is -0.389 e. The molecule has 0 aliphatic heterocycles. The van der Waals surface area contributed by atoms with Crippen molar-refractivity contribution in [3.8, 4) is 11.8 Å². The molecule has 5 rings (SSSR count). The molecule has 2 aromatic heterocycles. The van der Waals surface area contributed by atoms with Crippen LogP contribution in [0.4, 0.5) is 5.82 Å². The molecule has 2 aliphatic carbocycles. The first-order valence-corrected chi connectivity index (χ1v) is 13.4. The number of hydrogen-bond acceptors (Lipinski definition) is 9. The zero-order valence-electron chi connectivity index (χ0n) is 21.9. The summed E-state index contributed by atoms with van der Waals surface area (Å²) in [6, 6.07) is 6.79. The SMILES string of the molecule is CNC(=O)[C@]12C[C@H]1[C@@H](n1cnc3c(NCc4cccc(Cl)c4)nc(C#CCCC(=O)NCCN)nc31)[C@@H](O)[C@H]2O. The van der Waals surface area contributed by atoms with Gasteiger partial charge in [0, 0.05) is 50.5 Å². The van der Waals surface area contributed by atoms with Crippen LogP contribution in [0, 0.1) is 23.2 Å². The van der Waals surface area contributed by atoms with Crippen LogP contribution in [0.15, 0.2) is 30.6 Å². The normalized spacial score (nSPS) is 24.6. The number of nitrogens with two attached hydrogens (primary N) is 1. The highest BCUT2D eigenvalue weighted by atomic mass is 35.5. The second kappa shape index (κ2) is 11.4. The van der Waals surface area contributed by atoms with Gasteiger partial charge in [0.15, 0.2) is 17.0 Å². The summed E-state index contributed by atoms with van der Waals surface area (Å²) in [5.41, 5.74) is 6.16. The molecule has 13 heteroatoms. The first kappa shape index (κ1) is 27.8. The molecule has 0 bridgehead atoms. The lowest BCUT2D eigenvalue weighted by atomic mass is 9.98. The first-order valence-electron chi connectivity index (χ1n) is 13.1. The smallest absolute Gasteiger partial charge is 0.229 e. The molecule has 210 valence electrons. The highest BCUT2D eigenvalue weighted by Crippen LogP contribution is 2.67. The highest BCUT2D eigenvalue weighted by Gasteiger charge is 2.75. The van der Waals surface area contributed by atoms with Crippen LogP contribution < -0.4 is 21.7 Å². The number of imidazole rings is 1. The summed E-state index contributed by atoms with van der Waals surface area (Å²) in [6.07, 6.45) is 0.0929. The molecule has 40 heavy (non-hydrogen) atoms. The Balaban J connectivity index is 1.47. The Bertz CT molecular complexity index is 1500. The number of rotatable bonds is 9. The average Bonchev–Trinajstić information content (AvgIpc) is 3.49. The molecule has 3 aromatic rings. The Hall–Kier alpha value is -3.76. The van der Waals surface area contributed by atoms with Gasteiger partial charge in [0.25, 0.3) is 0 Å². The third kappa shape index (κ3) is 5.09. The fraction of sp³-hybridized carbons (Fsp3) is 0.444. The molecule has 2 aliphatic rings. The van der Waals surface area contributed by atoms with Crippen molar-refractivity contribution in [2.45, 2.75) is 44.1 Å². The van der Waals surface area contributed by atoms with E-state index in [2.05, 4.69) is 42.7 Å². The van der Waals surface area contributed by atoms with Crippen molar-refractivity contribution in [1.29, 1.82) is 0 Å². The minimum absolute atomic E-state index is 0.143. The van der Waals surface area contributed by atoms with Gasteiger partial charge in [0.1, 0.15) is 6.10 Å². The van der Waals surface area contributed by atoms with Crippen LogP contribution in [0.2, 0.25) is 5.02 Å². The number of aliphatic hydroxyl groups is 2. The molecule has 0 radical (unpaired) electrons. The van der Waals surface area contributed by atoms with Crippen LogP contribution in [0.3, 0.4) is 0 Å². The summed E-state index contributed by atoms with van der Waals surface area (Å²) in [5.74, 6) is 5.77. The Kier molecular flexibility index (Phi) is 7.91. The number of hydrogen-bond donors (Lipinski definition) is 6. The van der Waals surface area contributed by atoms with Gasteiger partial charge in [0.2, 0.25) is 17.6 Å². The lowest BCUT2D eigenvalue weighted by Gasteiger charge is -2.23. The number of anilines is 1. The maximum Gasteiger partial charge on any atom is 0.229 e. The van der Waals surface area contributed by atoms with Crippen molar-refractivity contribution in [3.63, 3.8) is 0 Å². The first-order chi connectivity index (χ1) is 19.3. The van der Waals surface area contributed by atoms with Gasteiger partial charge >= 0.3 is 0 Å². The van der Waals surface area contributed by atoms with E-state index in [1.807, 2.05) is 18.2 Å². The summed E-state index contributed by atoms with van der Waals surface area (Å²) in [4.78, 5) is 38.2. The highest BCUT2D eigenvalue weighted by molar-refractivity contribution is 6.30. The summed E-state index contributed by atoms with van der Waals surface area (Å²) < 4.78 is 1.70. The molecule has 2 fully saturated rings. The summed E-state index contributed by atoms with van der Waals surface area (Å²) in [7, 11) is 1.52. The number of benzene rings is 1. The Morgan fingerprint density at radius 3 is 2.88 bits per heavy atom. The number of carbonyl (C=O) groups is 2. The molecule has 1 aromatic carbocycles. The van der Waals surface area contributed by atoms with Crippen LogP contribution in [0.5, 0.6) is 0 Å². The fourth-order valence-electron chi connectivity index (χ4n) is 5.55. The van der Waals surface area contributed by atoms with Crippen molar-refractivity contribution in [2.24, 2.45) is 17.1 Å². The molecule has 12 nitrogen and oxygen atoms in total. The average molecular weight is 567 g/mol. The number of amides is 2. The van der Waals surface area contributed by atoms with Crippen molar-refractivity contribution in [3.05, 3.63) is 47.0 Å². The number of fused-ring (bicyclic) bond motifs is 2. The lowest BCUT2D eigenvalue weighted by molar-refractivity contribution is -0.132. The maximum absolute atomic E-state index is 12.6. The predicted octanol–water partition coefficient (Wildman–Crippen LogP) is 0.327. The lowest BCUT2D eigenvalue weighted by Crippen LogP contribution is -2.41. The molecule has 0 unspecified atom stereocenters. The maximum atomic E-state index is 12.6. The Labute approximate surface area is 235 Å². The number of carbonyl (C=O) groups excluding carboxylic acids is 2. The van der Waals surface area contributed by atoms with E-state index in [1.165, 1.54) is 7.05 Å². The van der Waals surface area contributed by atoms with E-state index in [0.717, 1.165) is 5.56 Å². The van der Waals surface area contributed by atoms with Gasteiger partial charge in [-0.1, -0.05) is 29.7 Å². The van der Waals surface area contributed by atoms with Crippen LogP contribution in [-0.2, 0) is 16.1 Å². The molecule has 2 saturated carbocycles. The van der Waals surface area contributed by atoms with Crippen LogP contribution in [0.1, 0.15) is 36.7 Å². The van der Waals surface area contributed by atoms with Crippen LogP contribution in [-0.4, -0.2) is 73.9 Å². The second-order valence-corrected chi connectivity index (χ2v) is 10.4. The van der Waals surface area contributed by atoms with Crippen molar-refractivity contribution in [2.75, 3.05) is 25.5 Å². The zero-order chi connectivity index (χ0) is 28.4. The molecule has 0 saturated heterocycles. The van der Waals surface area contributed by atoms with Crippen LogP contribution >= 0.6 is 11.6 Å². The van der Waals surface area contributed by atoms with E-state index in [4.69, 9.17) is 17.3 Å². The summed E-state index contributed by atoms with van der Waals surface area (Å²) >= 11 is 6.14. The molecule has 0 spiro atoms. The van der Waals surface area contributed by atoms with E-state index in [0.29, 0.717) is 54.5 Å². The quantitative estimate of drug-likeness (QED) is 0.199. The van der Waals surface area contributed by atoms with Crippen molar-refractivity contribution in [1.82, 2.24) is 30.2 Å². The van der Waals surface area contributed by atoms with E-state index in [-0.39, 0.29) is 30.0 Å². The van der Waals surface area contributed by atoms with Gasteiger partial charge in [-0.05, 0) is 30.0 Å². The van der Waals surface area contributed by atoms with Gasteiger partial charge < -0.3 is 36.5 Å². The number of aromatic nitrogens is 4. The second-order valence-electron chi connectivity index (χ2n) is 10.00. The largest absolute Gasteiger partial charge is 0.389 e. The standard InChI is InChI=1S/C27H31ClN8O4/c1-30-26(40)27-12-17(27)21(22(38)23(27)39)36-14-33-20-24(32-13-15-5-4-6-16(28)11-15)34-18(35-25(20)36)7-2-3-8-19(37)31-10-9-29/h4-6,11,14,17,21-23,38-39H,3,8-10,12-13,29H2,1H3,(H,30,40)(H,31,37)(H,32,34,35)/t17-,21+,22+,23+,27+/m0/s1. The molecule has 2 amide bonds. The number of nitrogens with one attached hydrogen (secondary N) is 3. The number of nitrogens with zero attached hydrogens (tertiary/aromatic N) is 4. The summed E-state index contributed by atoms with van der Waals surface area (Å²) in [6.45, 7) is 1.17. The summed E-state index contributed by atoms with van der Waals surface area (Å²) in [5, 5.41) is 31.0. The molecule has 2 heterocycles. The number of aliphatic hydroxyl groups excluding tert-OH is 2. The third-order valence-electron chi connectivity index (χ3n) is 7.56. The van der Waals surface area contributed by atoms with Gasteiger partial charge in [-0.15, -0.1) is 0 Å². The zero-order valence-corrected chi connectivity index (χ0v) is 22.6. The Morgan fingerprint density at radius 2 is 2.12 bits per heavy atom. The van der Waals surface area contributed by atoms with Crippen LogP contribution in [0.25, 0.3) is 11.2 Å². The molecule has 5 atom stereocenters. The van der Waals surface area contributed by atoms with E-state index < -0.39 is 23.7 Å².